The molecule has 0 radical (unpaired) electrons. The maximum Gasteiger partial charge on any atom is 0.407 e. The number of phenolic OH excluding ortho intramolecular Hbond substituents is 1. The van der Waals surface area contributed by atoms with Crippen molar-refractivity contribution in [3.63, 3.8) is 0 Å². The van der Waals surface area contributed by atoms with E-state index in [2.05, 4.69) is 36.9 Å². The van der Waals surface area contributed by atoms with E-state index in [0.717, 1.165) is 22.0 Å². The first-order valence-electron chi connectivity index (χ1n) is 23.6. The quantitative estimate of drug-likeness (QED) is 0.0711. The molecule has 6 atom stereocenters. The van der Waals surface area contributed by atoms with Crippen molar-refractivity contribution < 1.29 is 48.1 Å². The first-order chi connectivity index (χ1) is 33.9. The van der Waals surface area contributed by atoms with E-state index in [-0.39, 0.29) is 57.9 Å². The number of aromatic hydroxyl groups is 1. The average molecular weight is 957 g/mol. The third-order valence-electron chi connectivity index (χ3n) is 12.4. The van der Waals surface area contributed by atoms with Gasteiger partial charge in [-0.2, -0.15) is 0 Å². The summed E-state index contributed by atoms with van der Waals surface area (Å²) in [6.45, 7) is 1.79. The molecule has 3 heterocycles. The highest BCUT2D eigenvalue weighted by Crippen LogP contribution is 2.22. The standard InChI is InChI=1S/C52H60N8O10/c1-33-51(67)60-26-12-20-45(60)50(66)59-44(32-69-30-35-13-4-2-5-14-35)49(65)58-43(28-37-29-54-40-18-9-8-17-39(37)40)48(64)56-41(19-10-11-25-53-52(68)70-31-36-15-6-3-7-16-36)46(62)57-42(47(63)55-33)27-34-21-23-38(61)24-22-34/h2-9,13-18,21-24,29,33,41-45,54,61H,10-12,19-20,25-28,30-32H2,1H3,(H,53,68)(H,55,63)(H,56,64)(H,57,62)(H,58,65)(H,59,66)/t33-,41+,42+,43+,44+,45+/m1/s1. The second-order valence-electron chi connectivity index (χ2n) is 17.6. The number of benzene rings is 4. The molecule has 0 spiro atoms. The summed E-state index contributed by atoms with van der Waals surface area (Å²) in [5, 5.41) is 27.5. The number of hydrogen-bond acceptors (Lipinski definition) is 10. The number of alkyl carbamates (subject to hydrolysis) is 1. The van der Waals surface area contributed by atoms with Crippen molar-refractivity contribution in [1.29, 1.82) is 0 Å². The number of unbranched alkanes of at least 4 members (excludes halogenated alkanes) is 1. The van der Waals surface area contributed by atoms with E-state index in [1.807, 2.05) is 84.9 Å². The Morgan fingerprint density at radius 3 is 1.99 bits per heavy atom. The van der Waals surface area contributed by atoms with Crippen LogP contribution in [-0.2, 0) is 64.3 Å². The number of hydrogen-bond donors (Lipinski definition) is 8. The number of ether oxygens (including phenoxy) is 2. The summed E-state index contributed by atoms with van der Waals surface area (Å²) in [7, 11) is 0. The van der Waals surface area contributed by atoms with E-state index in [9.17, 15) is 38.7 Å². The Morgan fingerprint density at radius 2 is 1.26 bits per heavy atom. The summed E-state index contributed by atoms with van der Waals surface area (Å²) >= 11 is 0. The van der Waals surface area contributed by atoms with Gasteiger partial charge >= 0.3 is 6.09 Å². The van der Waals surface area contributed by atoms with Crippen LogP contribution in [0.5, 0.6) is 5.75 Å². The fourth-order valence-electron chi connectivity index (χ4n) is 8.58. The Hall–Kier alpha value is -7.73. The van der Waals surface area contributed by atoms with Gasteiger partial charge in [-0.3, -0.25) is 28.8 Å². The summed E-state index contributed by atoms with van der Waals surface area (Å²) in [5.74, 6) is -4.04. The van der Waals surface area contributed by atoms with E-state index in [4.69, 9.17) is 9.47 Å². The van der Waals surface area contributed by atoms with E-state index in [0.29, 0.717) is 36.8 Å². The molecule has 7 amide bonds. The zero-order chi connectivity index (χ0) is 49.4. The number of para-hydroxylation sites is 1. The molecule has 18 nitrogen and oxygen atoms in total. The number of aromatic amines is 1. The van der Waals surface area contributed by atoms with Crippen molar-refractivity contribution in [2.45, 2.75) is 101 Å². The summed E-state index contributed by atoms with van der Waals surface area (Å²) in [4.78, 5) is 103. The summed E-state index contributed by atoms with van der Waals surface area (Å²) in [6, 6.07) is 24.7. The van der Waals surface area contributed by atoms with Gasteiger partial charge in [0.15, 0.2) is 0 Å². The van der Waals surface area contributed by atoms with Gasteiger partial charge in [0.1, 0.15) is 48.6 Å². The van der Waals surface area contributed by atoms with Crippen LogP contribution in [0.4, 0.5) is 4.79 Å². The Balaban J connectivity index is 1.18. The van der Waals surface area contributed by atoms with Crippen LogP contribution in [0, 0.1) is 0 Å². The molecule has 70 heavy (non-hydrogen) atoms. The van der Waals surface area contributed by atoms with Crippen LogP contribution in [0.25, 0.3) is 10.9 Å². The molecule has 2 fully saturated rings. The van der Waals surface area contributed by atoms with Gasteiger partial charge in [-0.1, -0.05) is 91.0 Å². The van der Waals surface area contributed by atoms with Gasteiger partial charge in [0.2, 0.25) is 35.4 Å². The van der Waals surface area contributed by atoms with E-state index >= 15 is 0 Å². The van der Waals surface area contributed by atoms with Crippen molar-refractivity contribution in [2.75, 3.05) is 19.7 Å². The fourth-order valence-corrected chi connectivity index (χ4v) is 8.58. The van der Waals surface area contributed by atoms with Crippen LogP contribution >= 0.6 is 0 Å². The number of carbonyl (C=O) groups is 7. The molecular weight excluding hydrogens is 897 g/mol. The number of nitrogens with one attached hydrogen (secondary N) is 7. The Kier molecular flexibility index (Phi) is 17.6. The Labute approximate surface area is 405 Å². The van der Waals surface area contributed by atoms with Gasteiger partial charge in [-0.15, -0.1) is 0 Å². The lowest BCUT2D eigenvalue weighted by Crippen LogP contribution is -2.62. The number of amides is 7. The largest absolute Gasteiger partial charge is 0.508 e. The maximum absolute atomic E-state index is 14.8. The molecular formula is C52H60N8O10. The molecule has 7 rings (SSSR count). The normalized spacial score (nSPS) is 21.6. The molecule has 18 heteroatoms. The second kappa shape index (κ2) is 24.5. The molecule has 4 aromatic carbocycles. The number of aromatic nitrogens is 1. The Bertz CT molecular complexity index is 2590. The molecule has 2 aliphatic rings. The van der Waals surface area contributed by atoms with Crippen LogP contribution in [0.3, 0.4) is 0 Å². The van der Waals surface area contributed by atoms with Gasteiger partial charge in [0, 0.05) is 43.0 Å². The number of fused-ring (bicyclic) bond motifs is 2. The van der Waals surface area contributed by atoms with Crippen molar-refractivity contribution >= 4 is 52.4 Å². The van der Waals surface area contributed by atoms with Crippen LogP contribution in [0.1, 0.15) is 61.3 Å². The molecule has 0 saturated carbocycles. The van der Waals surface area contributed by atoms with Crippen molar-refractivity contribution in [1.82, 2.24) is 41.8 Å². The third-order valence-corrected chi connectivity index (χ3v) is 12.4. The van der Waals surface area contributed by atoms with E-state index in [1.54, 1.807) is 18.3 Å². The number of phenols is 1. The van der Waals surface area contributed by atoms with Gasteiger partial charge in [0.05, 0.1) is 13.2 Å². The van der Waals surface area contributed by atoms with Gasteiger partial charge in [0.25, 0.3) is 0 Å². The highest BCUT2D eigenvalue weighted by molar-refractivity contribution is 5.99. The number of nitrogens with zero attached hydrogens (tertiary/aromatic N) is 1. The zero-order valence-corrected chi connectivity index (χ0v) is 39.0. The summed E-state index contributed by atoms with van der Waals surface area (Å²) < 4.78 is 11.3. The van der Waals surface area contributed by atoms with Crippen LogP contribution < -0.4 is 31.9 Å². The second-order valence-corrected chi connectivity index (χ2v) is 17.6. The average Bonchev–Trinajstić information content (AvgIpc) is 4.03. The topological polar surface area (TPSA) is 249 Å². The molecule has 8 N–H and O–H groups in total. The number of H-pyrrole nitrogens is 1. The molecule has 1 aromatic heterocycles. The van der Waals surface area contributed by atoms with E-state index < -0.39 is 77.8 Å². The highest BCUT2D eigenvalue weighted by Gasteiger charge is 2.40. The minimum atomic E-state index is -1.32. The van der Waals surface area contributed by atoms with Crippen molar-refractivity contribution in [2.24, 2.45) is 0 Å². The zero-order valence-electron chi connectivity index (χ0n) is 39.0. The molecule has 0 unspecified atom stereocenters. The lowest BCUT2D eigenvalue weighted by molar-refractivity contribution is -0.142. The predicted octanol–water partition coefficient (Wildman–Crippen LogP) is 3.42. The van der Waals surface area contributed by atoms with Crippen molar-refractivity contribution in [3.05, 3.63) is 138 Å². The minimum Gasteiger partial charge on any atom is -0.508 e. The third kappa shape index (κ3) is 13.9. The SMILES string of the molecule is C[C@H]1NC(=O)[C@H](Cc2ccc(O)cc2)NC(=O)[C@H](CCCCNC(=O)OCc2ccccc2)NC(=O)[C@H](Cc2c[nH]c3ccccc23)NC(=O)[C@H](COCc2ccccc2)NC(=O)[C@@H]2CCCN2C1=O. The van der Waals surface area contributed by atoms with Gasteiger partial charge in [-0.05, 0) is 79.5 Å². The molecule has 0 bridgehead atoms. The number of carbonyl (C=O) groups excluding carboxylic acids is 7. The molecule has 5 aromatic rings. The fraction of sp³-hybridized carbons (Fsp3) is 0.365. The van der Waals surface area contributed by atoms with Crippen LogP contribution in [-0.4, -0.2) is 112 Å². The lowest BCUT2D eigenvalue weighted by Gasteiger charge is -2.31. The lowest BCUT2D eigenvalue weighted by atomic mass is 10.0. The van der Waals surface area contributed by atoms with Crippen molar-refractivity contribution in [3.8, 4) is 5.75 Å². The maximum atomic E-state index is 14.8. The molecule has 368 valence electrons. The van der Waals surface area contributed by atoms with Gasteiger partial charge in [-0.25, -0.2) is 4.79 Å². The Morgan fingerprint density at radius 1 is 0.657 bits per heavy atom. The predicted molar refractivity (Wildman–Crippen MR) is 258 cm³/mol. The summed E-state index contributed by atoms with van der Waals surface area (Å²) in [6.07, 6.45) is 2.50. The monoisotopic (exact) mass is 956 g/mol. The highest BCUT2D eigenvalue weighted by atomic mass is 16.5. The van der Waals surface area contributed by atoms with Crippen LogP contribution in [0.15, 0.2) is 115 Å². The number of rotatable bonds is 15. The van der Waals surface area contributed by atoms with Gasteiger partial charge < -0.3 is 56.4 Å². The van der Waals surface area contributed by atoms with E-state index in [1.165, 1.54) is 24.0 Å². The minimum absolute atomic E-state index is 0.00703. The summed E-state index contributed by atoms with van der Waals surface area (Å²) in [5.41, 5.74) is 3.69. The first-order valence-corrected chi connectivity index (χ1v) is 23.6. The smallest absolute Gasteiger partial charge is 0.407 e. The van der Waals surface area contributed by atoms with Crippen LogP contribution in [0.2, 0.25) is 0 Å². The molecule has 0 aliphatic carbocycles. The molecule has 2 aliphatic heterocycles. The molecule has 2 saturated heterocycles. The first kappa shape index (κ1) is 50.2.